The van der Waals surface area contributed by atoms with Gasteiger partial charge in [0.25, 0.3) is 0 Å². The fourth-order valence-corrected chi connectivity index (χ4v) is 1.53. The van der Waals surface area contributed by atoms with Crippen molar-refractivity contribution in [3.05, 3.63) is 35.4 Å². The van der Waals surface area contributed by atoms with Crippen molar-refractivity contribution in [2.24, 2.45) is 0 Å². The quantitative estimate of drug-likeness (QED) is 0.672. The van der Waals surface area contributed by atoms with Gasteiger partial charge in [-0.25, -0.2) is 0 Å². The molecule has 0 fully saturated rings. The molecule has 2 aromatic carbocycles. The van der Waals surface area contributed by atoms with Gasteiger partial charge in [-0.1, -0.05) is 19.0 Å². The van der Waals surface area contributed by atoms with Gasteiger partial charge in [-0.15, -0.1) is 0 Å². The molecule has 0 aliphatic heterocycles. The molecule has 2 rings (SSSR count). The van der Waals surface area contributed by atoms with Gasteiger partial charge < -0.3 is 29.9 Å². The van der Waals surface area contributed by atoms with Crippen LogP contribution in [0.1, 0.15) is 7.43 Å². The molecule has 0 saturated carbocycles. The van der Waals surface area contributed by atoms with Gasteiger partial charge in [0.05, 0.1) is 19.2 Å². The summed E-state index contributed by atoms with van der Waals surface area (Å²) in [4.78, 5) is 0. The number of benzene rings is 2. The number of halogens is 1. The number of phenolic OH excluding ortho intramolecular Hbond substituents is 4. The maximum Gasteiger partial charge on any atom is 0.162 e. The fraction of sp³-hybridized carbons (Fsp3) is 0.200. The smallest absolute Gasteiger partial charge is 0.162 e. The monoisotopic (exact) mass is 330 g/mol. The van der Waals surface area contributed by atoms with Crippen molar-refractivity contribution in [2.45, 2.75) is 7.43 Å². The van der Waals surface area contributed by atoms with Gasteiger partial charge in [-0.3, -0.25) is 0 Å². The summed E-state index contributed by atoms with van der Waals surface area (Å²) in [5, 5.41) is 36.0. The van der Waals surface area contributed by atoms with Crippen LogP contribution >= 0.6 is 11.6 Å². The van der Waals surface area contributed by atoms with Crippen molar-refractivity contribution in [1.82, 2.24) is 0 Å². The van der Waals surface area contributed by atoms with Crippen molar-refractivity contribution in [3.63, 3.8) is 0 Å². The van der Waals surface area contributed by atoms with Crippen molar-refractivity contribution in [3.8, 4) is 34.5 Å². The second-order valence-corrected chi connectivity index (χ2v) is 4.24. The zero-order chi connectivity index (χ0) is 16.0. The van der Waals surface area contributed by atoms with E-state index in [0.29, 0.717) is 5.75 Å². The summed E-state index contributed by atoms with van der Waals surface area (Å²) in [6.45, 7) is 0. The molecule has 0 heterocycles. The Balaban J connectivity index is 0.000000385. The van der Waals surface area contributed by atoms with Gasteiger partial charge in [0.1, 0.15) is 11.5 Å². The molecule has 22 heavy (non-hydrogen) atoms. The normalized spacial score (nSPS) is 9.05. The van der Waals surface area contributed by atoms with Crippen molar-refractivity contribution in [1.29, 1.82) is 0 Å². The van der Waals surface area contributed by atoms with Crippen molar-refractivity contribution >= 4 is 11.6 Å². The summed E-state index contributed by atoms with van der Waals surface area (Å²) in [6, 6.07) is 6.62. The minimum atomic E-state index is -0.162. The SMILES string of the molecule is C.COc1cc(Cl)c(O)cc1O.COc1ccc(O)cc1O. The Hall–Kier alpha value is -2.47. The number of aromatic hydroxyl groups is 4. The van der Waals surface area contributed by atoms with Crippen molar-refractivity contribution < 1.29 is 29.9 Å². The maximum absolute atomic E-state index is 9.07. The molecular weight excluding hydrogens is 312 g/mol. The third-order valence-corrected chi connectivity index (χ3v) is 2.71. The molecule has 0 spiro atoms. The predicted octanol–water partition coefficient (Wildman–Crippen LogP) is 3.50. The Labute approximate surface area is 133 Å². The van der Waals surface area contributed by atoms with E-state index < -0.39 is 0 Å². The summed E-state index contributed by atoms with van der Waals surface area (Å²) < 4.78 is 9.47. The molecule has 0 atom stereocenters. The van der Waals surface area contributed by atoms with Gasteiger partial charge in [0.2, 0.25) is 0 Å². The minimum Gasteiger partial charge on any atom is -0.508 e. The summed E-state index contributed by atoms with van der Waals surface area (Å²) in [5.74, 6) is 0.283. The number of rotatable bonds is 2. The van der Waals surface area contributed by atoms with E-state index in [1.807, 2.05) is 0 Å². The summed E-state index contributed by atoms with van der Waals surface area (Å²) in [6.07, 6.45) is 0. The lowest BCUT2D eigenvalue weighted by atomic mass is 10.3. The largest absolute Gasteiger partial charge is 0.508 e. The highest BCUT2D eigenvalue weighted by Gasteiger charge is 2.06. The summed E-state index contributed by atoms with van der Waals surface area (Å²) in [5.41, 5.74) is 0. The van der Waals surface area contributed by atoms with E-state index in [9.17, 15) is 0 Å². The van der Waals surface area contributed by atoms with Crippen molar-refractivity contribution in [2.75, 3.05) is 14.2 Å². The van der Waals surface area contributed by atoms with Gasteiger partial charge in [0, 0.05) is 18.2 Å². The molecule has 0 saturated heterocycles. The second kappa shape index (κ2) is 8.74. The van der Waals surface area contributed by atoms with Gasteiger partial charge in [0.15, 0.2) is 23.0 Å². The van der Waals surface area contributed by atoms with E-state index in [-0.39, 0.29) is 41.2 Å². The third kappa shape index (κ3) is 5.14. The standard InChI is InChI=1S/C7H7ClO3.C7H8O3.CH4/c1-11-7-2-4(8)5(9)3-6(7)10;1-10-7-3-2-5(8)4-6(7)9;/h2-3,9-10H,1H3;2-4,8-9H,1H3;1H4. The fourth-order valence-electron chi connectivity index (χ4n) is 1.37. The molecule has 6 nitrogen and oxygen atoms in total. The average Bonchev–Trinajstić information content (AvgIpc) is 2.44. The molecule has 4 N–H and O–H groups in total. The maximum atomic E-state index is 9.07. The Bertz CT molecular complexity index is 615. The van der Waals surface area contributed by atoms with E-state index in [1.54, 1.807) is 0 Å². The highest BCUT2D eigenvalue weighted by molar-refractivity contribution is 6.32. The summed E-state index contributed by atoms with van der Waals surface area (Å²) >= 11 is 5.52. The molecular formula is C15H19ClO6. The number of phenols is 4. The van der Waals surface area contributed by atoms with Crippen LogP contribution in [-0.2, 0) is 0 Å². The van der Waals surface area contributed by atoms with E-state index in [2.05, 4.69) is 0 Å². The zero-order valence-corrected chi connectivity index (χ0v) is 12.1. The number of ether oxygens (including phenoxy) is 2. The first-order valence-corrected chi connectivity index (χ1v) is 6.08. The van der Waals surface area contributed by atoms with Crippen LogP contribution in [0.4, 0.5) is 0 Å². The van der Waals surface area contributed by atoms with E-state index in [0.717, 1.165) is 6.07 Å². The van der Waals surface area contributed by atoms with Crippen LogP contribution in [0.25, 0.3) is 0 Å². The van der Waals surface area contributed by atoms with Crippen LogP contribution in [-0.4, -0.2) is 34.6 Å². The highest BCUT2D eigenvalue weighted by atomic mass is 35.5. The van der Waals surface area contributed by atoms with E-state index >= 15 is 0 Å². The molecule has 0 unspecified atom stereocenters. The molecule has 0 aliphatic rings. The van der Waals surface area contributed by atoms with Crippen LogP contribution < -0.4 is 9.47 Å². The Morgan fingerprint density at radius 2 is 1.32 bits per heavy atom. The second-order valence-electron chi connectivity index (χ2n) is 3.83. The molecule has 0 bridgehead atoms. The Morgan fingerprint density at radius 1 is 0.773 bits per heavy atom. The number of hydrogen-bond donors (Lipinski definition) is 4. The molecule has 122 valence electrons. The topological polar surface area (TPSA) is 99.4 Å². The first-order chi connectivity index (χ1) is 9.88. The average molecular weight is 331 g/mol. The highest BCUT2D eigenvalue weighted by Crippen LogP contribution is 2.35. The third-order valence-electron chi connectivity index (χ3n) is 2.41. The van der Waals surface area contributed by atoms with Gasteiger partial charge in [-0.2, -0.15) is 0 Å². The molecule has 0 aromatic heterocycles. The van der Waals surface area contributed by atoms with Crippen LogP contribution in [0.3, 0.4) is 0 Å². The Morgan fingerprint density at radius 3 is 1.82 bits per heavy atom. The zero-order valence-electron chi connectivity index (χ0n) is 11.4. The molecule has 7 heteroatoms. The van der Waals surface area contributed by atoms with Gasteiger partial charge in [-0.05, 0) is 12.1 Å². The number of methoxy groups -OCH3 is 2. The van der Waals surface area contributed by atoms with E-state index in [4.69, 9.17) is 41.5 Å². The molecule has 0 amide bonds. The molecule has 0 radical (unpaired) electrons. The van der Waals surface area contributed by atoms with Crippen LogP contribution in [0.15, 0.2) is 30.3 Å². The summed E-state index contributed by atoms with van der Waals surface area (Å²) in [7, 11) is 2.86. The molecule has 0 aliphatic carbocycles. The lowest BCUT2D eigenvalue weighted by molar-refractivity contribution is 0.369. The lowest BCUT2D eigenvalue weighted by Gasteiger charge is -2.03. The van der Waals surface area contributed by atoms with Gasteiger partial charge >= 0.3 is 0 Å². The first-order valence-electron chi connectivity index (χ1n) is 5.70. The molecule has 2 aromatic rings. The Kier molecular flexibility index (Phi) is 7.76. The minimum absolute atomic E-state index is 0. The van der Waals surface area contributed by atoms with Crippen LogP contribution in [0.5, 0.6) is 34.5 Å². The predicted molar refractivity (Wildman–Crippen MR) is 84.4 cm³/mol. The van der Waals surface area contributed by atoms with Crippen LogP contribution in [0, 0.1) is 0 Å². The number of hydrogen-bond acceptors (Lipinski definition) is 6. The van der Waals surface area contributed by atoms with E-state index in [1.165, 1.54) is 38.5 Å². The lowest BCUT2D eigenvalue weighted by Crippen LogP contribution is -1.83. The first kappa shape index (κ1) is 19.5. The van der Waals surface area contributed by atoms with Crippen LogP contribution in [0.2, 0.25) is 5.02 Å².